The van der Waals surface area contributed by atoms with Crippen molar-refractivity contribution in [3.05, 3.63) is 130 Å². The lowest BCUT2D eigenvalue weighted by Gasteiger charge is -2.35. The lowest BCUT2D eigenvalue weighted by atomic mass is 10.1. The fraction of sp³-hybridized carbons (Fsp3) is 0.245. The number of morpholine rings is 2. The predicted molar refractivity (Wildman–Crippen MR) is 254 cm³/mol. The number of aromatic nitrogens is 4. The van der Waals surface area contributed by atoms with Gasteiger partial charge in [0.2, 0.25) is 11.8 Å². The molecule has 16 nitrogen and oxygen atoms in total. The van der Waals surface area contributed by atoms with Gasteiger partial charge in [0, 0.05) is 56.8 Å². The lowest BCUT2D eigenvalue weighted by Crippen LogP contribution is -2.55. The van der Waals surface area contributed by atoms with E-state index in [-0.39, 0.29) is 42.5 Å². The van der Waals surface area contributed by atoms with Crippen LogP contribution in [0.2, 0.25) is 10.0 Å². The quantitative estimate of drug-likeness (QED) is 0.0831. The number of rotatable bonds is 6. The summed E-state index contributed by atoms with van der Waals surface area (Å²) in [7, 11) is 0. The Bertz CT molecular complexity index is 2850. The molecule has 2 aliphatic rings. The zero-order valence-electron chi connectivity index (χ0n) is 36.6. The zero-order chi connectivity index (χ0) is 47.5. The Hall–Kier alpha value is -7.31. The molecule has 0 bridgehead atoms. The number of carbonyl (C=O) groups excluding carboxylic acids is 3. The molecular weight excluding hydrogens is 899 g/mol. The molecule has 3 amide bonds. The Balaban J connectivity index is 0.000000203. The molecule has 67 heavy (non-hydrogen) atoms. The second-order valence-corrected chi connectivity index (χ2v) is 17.0. The van der Waals surface area contributed by atoms with Crippen molar-refractivity contribution >= 4 is 52.5 Å². The summed E-state index contributed by atoms with van der Waals surface area (Å²) in [6, 6.07) is 22.6. The summed E-state index contributed by atoms with van der Waals surface area (Å²) in [5.41, 5.74) is 5.45. The van der Waals surface area contributed by atoms with Crippen LogP contribution in [-0.4, -0.2) is 111 Å². The number of aromatic hydroxyl groups is 2. The van der Waals surface area contributed by atoms with Gasteiger partial charge in [0.25, 0.3) is 0 Å². The second-order valence-electron chi connectivity index (χ2n) is 16.1. The van der Waals surface area contributed by atoms with E-state index in [0.29, 0.717) is 87.0 Å². The minimum Gasteiger partial charge on any atom is -0.507 e. The van der Waals surface area contributed by atoms with Crippen molar-refractivity contribution in [2.24, 2.45) is 0 Å². The van der Waals surface area contributed by atoms with Gasteiger partial charge in [0.1, 0.15) is 29.2 Å². The number of hydrogen-bond donors (Lipinski definition) is 7. The second kappa shape index (κ2) is 21.8. The average molecular weight is 946 g/mol. The van der Waals surface area contributed by atoms with Gasteiger partial charge in [-0.05, 0) is 106 Å². The van der Waals surface area contributed by atoms with E-state index < -0.39 is 17.7 Å². The van der Waals surface area contributed by atoms with Crippen molar-refractivity contribution in [3.63, 3.8) is 0 Å². The highest BCUT2D eigenvalue weighted by atomic mass is 35.5. The summed E-state index contributed by atoms with van der Waals surface area (Å²) in [5.74, 6) is 11.9. The summed E-state index contributed by atoms with van der Waals surface area (Å²) in [6.07, 6.45) is 2.61. The summed E-state index contributed by atoms with van der Waals surface area (Å²) in [6.45, 7) is 7.67. The van der Waals surface area contributed by atoms with E-state index in [9.17, 15) is 24.6 Å². The normalized spacial score (nSPS) is 15.6. The number of benzene rings is 4. The first-order chi connectivity index (χ1) is 32.2. The molecule has 2 aliphatic heterocycles. The van der Waals surface area contributed by atoms with Gasteiger partial charge >= 0.3 is 6.09 Å². The van der Waals surface area contributed by atoms with E-state index in [0.717, 1.165) is 5.56 Å². The van der Waals surface area contributed by atoms with Gasteiger partial charge in [0.15, 0.2) is 0 Å². The van der Waals surface area contributed by atoms with Gasteiger partial charge in [0.05, 0.1) is 61.3 Å². The van der Waals surface area contributed by atoms with Crippen LogP contribution in [0, 0.1) is 23.7 Å². The van der Waals surface area contributed by atoms with E-state index in [1.807, 2.05) is 12.1 Å². The van der Waals surface area contributed by atoms with Crippen LogP contribution >= 0.6 is 23.2 Å². The summed E-state index contributed by atoms with van der Waals surface area (Å²) >= 11 is 12.1. The number of H-pyrrole nitrogens is 2. The number of anilines is 2. The molecule has 344 valence electrons. The van der Waals surface area contributed by atoms with Gasteiger partial charge in [-0.1, -0.05) is 46.9 Å². The monoisotopic (exact) mass is 944 g/mol. The number of phenols is 2. The maximum atomic E-state index is 12.9. The van der Waals surface area contributed by atoms with Crippen molar-refractivity contribution in [3.8, 4) is 57.7 Å². The molecule has 0 saturated carbocycles. The number of halogens is 2. The molecule has 0 aliphatic carbocycles. The first-order valence-electron chi connectivity index (χ1n) is 21.0. The van der Waals surface area contributed by atoms with Gasteiger partial charge < -0.3 is 40.4 Å². The highest BCUT2D eigenvalue weighted by molar-refractivity contribution is 6.31. The minimum atomic E-state index is -0.800. The SMILES string of the molecule is CC(C)(C)OC(=O)N1CCOC[C@H]1C(=O)Nc1ccc(C#Cc2cn[nH]c2-c2cc(Cl)ccc2O)cc1.O=C(Nc1ccc(C#Cc2cn[nH]c2-c2cc(Cl)ccc2O)cc1)[C@@H]1COCCN1. The number of aromatic amines is 2. The number of nitrogens with one attached hydrogen (secondary N) is 5. The number of hydrogen-bond acceptors (Lipinski definition) is 11. The highest BCUT2D eigenvalue weighted by Gasteiger charge is 2.35. The fourth-order valence-corrected chi connectivity index (χ4v) is 7.04. The molecule has 0 spiro atoms. The molecule has 2 fully saturated rings. The molecule has 2 atom stereocenters. The van der Waals surface area contributed by atoms with Gasteiger partial charge in [-0.25, -0.2) is 4.79 Å². The van der Waals surface area contributed by atoms with Crippen molar-refractivity contribution in [1.82, 2.24) is 30.6 Å². The van der Waals surface area contributed by atoms with Crippen LogP contribution in [0.4, 0.5) is 16.2 Å². The smallest absolute Gasteiger partial charge is 0.411 e. The van der Waals surface area contributed by atoms with E-state index in [2.05, 4.69) is 60.0 Å². The first kappa shape index (κ1) is 47.6. The van der Waals surface area contributed by atoms with Crippen LogP contribution in [0.15, 0.2) is 97.3 Å². The molecule has 7 N–H and O–H groups in total. The lowest BCUT2D eigenvalue weighted by molar-refractivity contribution is -0.127. The largest absolute Gasteiger partial charge is 0.507 e. The van der Waals surface area contributed by atoms with Crippen LogP contribution < -0.4 is 16.0 Å². The zero-order valence-corrected chi connectivity index (χ0v) is 38.1. The molecule has 6 aromatic rings. The molecular formula is C49H46Cl2N8O8. The summed E-state index contributed by atoms with van der Waals surface area (Å²) in [4.78, 5) is 39.1. The van der Waals surface area contributed by atoms with E-state index in [4.69, 9.17) is 37.4 Å². The summed E-state index contributed by atoms with van der Waals surface area (Å²) in [5, 5.41) is 43.9. The molecule has 18 heteroatoms. The van der Waals surface area contributed by atoms with E-state index in [1.165, 1.54) is 17.0 Å². The van der Waals surface area contributed by atoms with Crippen molar-refractivity contribution in [2.75, 3.05) is 50.2 Å². The molecule has 0 radical (unpaired) electrons. The van der Waals surface area contributed by atoms with Crippen LogP contribution in [-0.2, 0) is 23.8 Å². The minimum absolute atomic E-state index is 0.0606. The fourth-order valence-electron chi connectivity index (χ4n) is 6.69. The predicted octanol–water partition coefficient (Wildman–Crippen LogP) is 7.17. The third-order valence-electron chi connectivity index (χ3n) is 10.0. The molecule has 2 saturated heterocycles. The number of carbonyl (C=O) groups is 3. The average Bonchev–Trinajstić information content (AvgIpc) is 4.00. The molecule has 4 aromatic carbocycles. The Morgan fingerprint density at radius 1 is 0.716 bits per heavy atom. The Kier molecular flexibility index (Phi) is 15.5. The van der Waals surface area contributed by atoms with Gasteiger partial charge in [-0.3, -0.25) is 24.7 Å². The number of amides is 3. The van der Waals surface area contributed by atoms with Crippen LogP contribution in [0.25, 0.3) is 22.5 Å². The Morgan fingerprint density at radius 2 is 1.22 bits per heavy atom. The number of nitrogens with zero attached hydrogens (tertiary/aromatic N) is 3. The maximum Gasteiger partial charge on any atom is 0.411 e. The molecule has 0 unspecified atom stereocenters. The van der Waals surface area contributed by atoms with Gasteiger partial charge in [-0.15, -0.1) is 0 Å². The Labute approximate surface area is 396 Å². The summed E-state index contributed by atoms with van der Waals surface area (Å²) < 4.78 is 16.2. The van der Waals surface area contributed by atoms with Crippen molar-refractivity contribution in [2.45, 2.75) is 38.5 Å². The third-order valence-corrected chi connectivity index (χ3v) is 10.5. The molecule has 2 aromatic heterocycles. The maximum absolute atomic E-state index is 12.9. The van der Waals surface area contributed by atoms with Crippen LogP contribution in [0.5, 0.6) is 11.5 Å². The van der Waals surface area contributed by atoms with Gasteiger partial charge in [-0.2, -0.15) is 10.2 Å². The Morgan fingerprint density at radius 3 is 1.72 bits per heavy atom. The van der Waals surface area contributed by atoms with Crippen LogP contribution in [0.1, 0.15) is 43.0 Å². The third kappa shape index (κ3) is 12.9. The van der Waals surface area contributed by atoms with E-state index in [1.54, 1.807) is 93.8 Å². The first-order valence-corrected chi connectivity index (χ1v) is 21.8. The standard InChI is InChI=1S/C27H27ClN4O5.C22H19ClN4O3/c1-27(2,3)37-26(35)32-12-13-36-16-22(32)25(34)30-20-9-5-17(6-10-20)4-7-18-15-29-31-24(18)21-14-19(28)8-11-23(21)33;23-16-5-8-20(28)18(11-16)21-15(12-25-27-21)4-1-14-2-6-17(7-3-14)26-22(29)19-13-30-10-9-24-19/h5-6,8-11,14-15,22,33H,12-13,16H2,1-3H3,(H,29,31)(H,30,34);2-3,5-8,11-12,19,24,28H,9-10,13H2,(H,25,27)(H,26,29)/t22-;19-/m00/s1. The molecule has 8 rings (SSSR count). The number of phenolic OH excluding ortho intramolecular Hbond substituents is 2. The van der Waals surface area contributed by atoms with Crippen LogP contribution in [0.3, 0.4) is 0 Å². The molecule has 4 heterocycles. The number of ether oxygens (including phenoxy) is 3. The topological polar surface area (TPSA) is 216 Å². The van der Waals surface area contributed by atoms with Crippen molar-refractivity contribution in [1.29, 1.82) is 0 Å². The highest BCUT2D eigenvalue weighted by Crippen LogP contribution is 2.33. The van der Waals surface area contributed by atoms with E-state index >= 15 is 0 Å². The van der Waals surface area contributed by atoms with Crippen molar-refractivity contribution < 1.29 is 38.8 Å².